The Morgan fingerprint density at radius 1 is 1.46 bits per heavy atom. The van der Waals surface area contributed by atoms with Crippen LogP contribution in [-0.2, 0) is 0 Å². The van der Waals surface area contributed by atoms with Gasteiger partial charge in [0.2, 0.25) is 0 Å². The number of nitrogens with one attached hydrogen (secondary N) is 1. The molecule has 4 nitrogen and oxygen atoms in total. The fraction of sp³-hybridized carbons (Fsp3) is 0.889. The minimum absolute atomic E-state index is 0.539. The molecule has 0 aromatic rings. The van der Waals surface area contributed by atoms with Crippen LogP contribution >= 0.6 is 0 Å². The van der Waals surface area contributed by atoms with Crippen LogP contribution in [0.15, 0.2) is 0 Å². The molecule has 2 fully saturated rings. The van der Waals surface area contributed by atoms with Gasteiger partial charge in [0.15, 0.2) is 0 Å². The van der Waals surface area contributed by atoms with Crippen LogP contribution < -0.4 is 5.32 Å². The van der Waals surface area contributed by atoms with Gasteiger partial charge in [0.1, 0.15) is 0 Å². The van der Waals surface area contributed by atoms with E-state index in [2.05, 4.69) is 5.32 Å². The summed E-state index contributed by atoms with van der Waals surface area (Å²) in [7, 11) is 0. The second-order valence-corrected chi connectivity index (χ2v) is 4.07. The van der Waals surface area contributed by atoms with E-state index in [0.717, 1.165) is 25.6 Å². The fourth-order valence-corrected chi connectivity index (χ4v) is 1.79. The summed E-state index contributed by atoms with van der Waals surface area (Å²) >= 11 is 0. The Hall–Kier alpha value is -0.770. The first-order valence-electron chi connectivity index (χ1n) is 4.97. The Bertz CT molecular complexity index is 204. The molecule has 2 rings (SSSR count). The summed E-state index contributed by atoms with van der Waals surface area (Å²) in [5.74, 6) is 0.539. The van der Waals surface area contributed by atoms with Crippen LogP contribution in [0.2, 0.25) is 0 Å². The van der Waals surface area contributed by atoms with Crippen molar-refractivity contribution in [2.75, 3.05) is 19.6 Å². The highest BCUT2D eigenvalue weighted by Crippen LogP contribution is 2.21. The molecule has 1 heterocycles. The van der Waals surface area contributed by atoms with Crippen LogP contribution in [-0.4, -0.2) is 41.8 Å². The van der Waals surface area contributed by atoms with Crippen molar-refractivity contribution < 1.29 is 9.90 Å². The van der Waals surface area contributed by atoms with Crippen LogP contribution in [0, 0.1) is 5.92 Å². The van der Waals surface area contributed by atoms with Gasteiger partial charge in [-0.3, -0.25) is 0 Å². The maximum absolute atomic E-state index is 10.6. The third-order valence-corrected chi connectivity index (χ3v) is 2.83. The second-order valence-electron chi connectivity index (χ2n) is 4.07. The number of likely N-dealkylation sites (tertiary alicyclic amines) is 1. The van der Waals surface area contributed by atoms with Gasteiger partial charge in [-0.2, -0.15) is 0 Å². The van der Waals surface area contributed by atoms with Crippen LogP contribution in [0.25, 0.3) is 0 Å². The van der Waals surface area contributed by atoms with E-state index in [1.807, 2.05) is 0 Å². The molecule has 1 aliphatic heterocycles. The van der Waals surface area contributed by atoms with Crippen LogP contribution in [0.4, 0.5) is 4.79 Å². The number of hydrogen-bond acceptors (Lipinski definition) is 2. The van der Waals surface area contributed by atoms with Crippen molar-refractivity contribution in [3.05, 3.63) is 0 Å². The summed E-state index contributed by atoms with van der Waals surface area (Å²) in [6.07, 6.45) is 2.85. The Kier molecular flexibility index (Phi) is 2.40. The third kappa shape index (κ3) is 2.34. The third-order valence-electron chi connectivity index (χ3n) is 2.83. The topological polar surface area (TPSA) is 52.6 Å². The summed E-state index contributed by atoms with van der Waals surface area (Å²) in [5.41, 5.74) is 0. The molecule has 0 bridgehead atoms. The summed E-state index contributed by atoms with van der Waals surface area (Å²) in [4.78, 5) is 12.1. The molecule has 1 aliphatic carbocycles. The van der Waals surface area contributed by atoms with Crippen molar-refractivity contribution in [2.45, 2.75) is 25.3 Å². The number of amides is 1. The Labute approximate surface area is 77.9 Å². The number of rotatable bonds is 3. The number of nitrogens with zero attached hydrogens (tertiary/aromatic N) is 1. The molecule has 4 heteroatoms. The zero-order valence-corrected chi connectivity index (χ0v) is 7.70. The molecule has 2 N–H and O–H groups in total. The lowest BCUT2D eigenvalue weighted by Crippen LogP contribution is -2.30. The largest absolute Gasteiger partial charge is 0.465 e. The van der Waals surface area contributed by atoms with E-state index < -0.39 is 6.09 Å². The molecule has 0 unspecified atom stereocenters. The van der Waals surface area contributed by atoms with Gasteiger partial charge in [-0.25, -0.2) is 4.79 Å². The van der Waals surface area contributed by atoms with E-state index in [0.29, 0.717) is 12.5 Å². The molecule has 0 aromatic heterocycles. The van der Waals surface area contributed by atoms with Gasteiger partial charge in [-0.1, -0.05) is 0 Å². The summed E-state index contributed by atoms with van der Waals surface area (Å²) in [6, 6.07) is 0.735. The zero-order valence-electron chi connectivity index (χ0n) is 7.70. The predicted molar refractivity (Wildman–Crippen MR) is 48.7 cm³/mol. The molecule has 1 atom stereocenters. The summed E-state index contributed by atoms with van der Waals surface area (Å²) in [6.45, 7) is 2.43. The van der Waals surface area contributed by atoms with Gasteiger partial charge in [0, 0.05) is 19.1 Å². The maximum Gasteiger partial charge on any atom is 0.407 e. The quantitative estimate of drug-likeness (QED) is 0.680. The molecule has 0 aromatic carbocycles. The summed E-state index contributed by atoms with van der Waals surface area (Å²) < 4.78 is 0. The van der Waals surface area contributed by atoms with Crippen molar-refractivity contribution in [2.24, 2.45) is 5.92 Å². The van der Waals surface area contributed by atoms with E-state index in [9.17, 15) is 4.79 Å². The van der Waals surface area contributed by atoms with Gasteiger partial charge < -0.3 is 15.3 Å². The van der Waals surface area contributed by atoms with E-state index in [1.54, 1.807) is 0 Å². The number of hydrogen-bond donors (Lipinski definition) is 2. The van der Waals surface area contributed by atoms with Crippen LogP contribution in [0.3, 0.4) is 0 Å². The molecule has 1 amide bonds. The van der Waals surface area contributed by atoms with E-state index in [1.165, 1.54) is 17.7 Å². The molecule has 0 spiro atoms. The lowest BCUT2D eigenvalue weighted by atomic mass is 10.1. The molecular weight excluding hydrogens is 168 g/mol. The van der Waals surface area contributed by atoms with Crippen molar-refractivity contribution in [1.82, 2.24) is 10.2 Å². The van der Waals surface area contributed by atoms with Gasteiger partial charge >= 0.3 is 6.09 Å². The molecule has 0 radical (unpaired) electrons. The van der Waals surface area contributed by atoms with E-state index in [4.69, 9.17) is 5.11 Å². The predicted octanol–water partition coefficient (Wildman–Crippen LogP) is 0.738. The Morgan fingerprint density at radius 2 is 2.23 bits per heavy atom. The van der Waals surface area contributed by atoms with Crippen molar-refractivity contribution in [3.63, 3.8) is 0 Å². The van der Waals surface area contributed by atoms with Crippen molar-refractivity contribution >= 4 is 6.09 Å². The average Bonchev–Trinajstić information content (AvgIpc) is 2.79. The molecule has 1 saturated carbocycles. The molecule has 74 valence electrons. The van der Waals surface area contributed by atoms with Crippen LogP contribution in [0.1, 0.15) is 19.3 Å². The minimum Gasteiger partial charge on any atom is -0.465 e. The molecule has 2 aliphatic rings. The van der Waals surface area contributed by atoms with Gasteiger partial charge in [-0.15, -0.1) is 0 Å². The first kappa shape index (κ1) is 8.81. The Morgan fingerprint density at radius 3 is 2.77 bits per heavy atom. The second kappa shape index (κ2) is 3.54. The fourth-order valence-electron chi connectivity index (χ4n) is 1.79. The Balaban J connectivity index is 1.67. The maximum atomic E-state index is 10.6. The average molecular weight is 184 g/mol. The van der Waals surface area contributed by atoms with Crippen molar-refractivity contribution in [3.8, 4) is 0 Å². The van der Waals surface area contributed by atoms with Gasteiger partial charge in [0.25, 0.3) is 0 Å². The van der Waals surface area contributed by atoms with E-state index >= 15 is 0 Å². The lowest BCUT2D eigenvalue weighted by molar-refractivity contribution is 0.154. The smallest absolute Gasteiger partial charge is 0.407 e. The van der Waals surface area contributed by atoms with Crippen molar-refractivity contribution in [1.29, 1.82) is 0 Å². The molecule has 13 heavy (non-hydrogen) atoms. The normalized spacial score (nSPS) is 28.0. The van der Waals surface area contributed by atoms with E-state index in [-0.39, 0.29) is 0 Å². The van der Waals surface area contributed by atoms with Gasteiger partial charge in [0.05, 0.1) is 0 Å². The standard InChI is InChI=1S/C9H16N2O2/c12-9(13)11-4-3-7(6-11)5-10-8-1-2-8/h7-8,10H,1-6H2,(H,12,13)/t7-/m0/s1. The zero-order chi connectivity index (χ0) is 9.26. The highest BCUT2D eigenvalue weighted by molar-refractivity contribution is 5.65. The first-order chi connectivity index (χ1) is 6.25. The number of carbonyl (C=O) groups is 1. The first-order valence-corrected chi connectivity index (χ1v) is 4.97. The monoisotopic (exact) mass is 184 g/mol. The molecular formula is C9H16N2O2. The highest BCUT2D eigenvalue weighted by Gasteiger charge is 2.27. The SMILES string of the molecule is O=C(O)N1CC[C@@H](CNC2CC2)C1. The summed E-state index contributed by atoms with van der Waals surface area (Å²) in [5, 5.41) is 12.2. The van der Waals surface area contributed by atoms with Crippen LogP contribution in [0.5, 0.6) is 0 Å². The minimum atomic E-state index is -0.770. The highest BCUT2D eigenvalue weighted by atomic mass is 16.4. The lowest BCUT2D eigenvalue weighted by Gasteiger charge is -2.12. The molecule has 1 saturated heterocycles. The van der Waals surface area contributed by atoms with Gasteiger partial charge in [-0.05, 0) is 31.7 Å². The number of carboxylic acid groups (broad SMARTS) is 1.